The van der Waals surface area contributed by atoms with Crippen LogP contribution in [0.3, 0.4) is 0 Å². The minimum Gasteiger partial charge on any atom is -0.481 e. The van der Waals surface area contributed by atoms with E-state index in [0.717, 1.165) is 0 Å². The van der Waals surface area contributed by atoms with Crippen molar-refractivity contribution >= 4 is 11.9 Å². The fourth-order valence-electron chi connectivity index (χ4n) is 2.02. The van der Waals surface area contributed by atoms with E-state index >= 15 is 0 Å². The van der Waals surface area contributed by atoms with Gasteiger partial charge in [0.25, 0.3) is 5.91 Å². The first-order chi connectivity index (χ1) is 9.20. The highest BCUT2D eigenvalue weighted by molar-refractivity contribution is 5.95. The number of amides is 1. The van der Waals surface area contributed by atoms with Crippen LogP contribution in [0.2, 0.25) is 0 Å². The molecule has 0 aromatic carbocycles. The first kappa shape index (κ1) is 16.1. The number of nitrogens with zero attached hydrogens (tertiary/aromatic N) is 1. The lowest BCUT2D eigenvalue weighted by Gasteiger charge is -2.23. The summed E-state index contributed by atoms with van der Waals surface area (Å²) in [6, 6.07) is 3.36. The van der Waals surface area contributed by atoms with Crippen LogP contribution in [0.4, 0.5) is 0 Å². The van der Waals surface area contributed by atoms with Gasteiger partial charge in [0, 0.05) is 18.4 Å². The number of nitrogens with one attached hydrogen (secondary N) is 1. The van der Waals surface area contributed by atoms with Crippen LogP contribution >= 0.6 is 0 Å². The summed E-state index contributed by atoms with van der Waals surface area (Å²) in [5, 5.41) is 11.9. The van der Waals surface area contributed by atoms with E-state index in [2.05, 4.69) is 10.3 Å². The summed E-state index contributed by atoms with van der Waals surface area (Å²) in [5.41, 5.74) is 1.01. The summed E-state index contributed by atoms with van der Waals surface area (Å²) in [6.07, 6.45) is 2.13. The van der Waals surface area contributed by atoms with Crippen LogP contribution in [0.1, 0.15) is 43.2 Å². The van der Waals surface area contributed by atoms with E-state index in [4.69, 9.17) is 0 Å². The van der Waals surface area contributed by atoms with Gasteiger partial charge in [-0.3, -0.25) is 14.6 Å². The monoisotopic (exact) mass is 278 g/mol. The molecule has 0 aliphatic rings. The van der Waals surface area contributed by atoms with Gasteiger partial charge < -0.3 is 10.4 Å². The van der Waals surface area contributed by atoms with Crippen molar-refractivity contribution in [2.24, 2.45) is 11.3 Å². The Balaban J connectivity index is 2.67. The van der Waals surface area contributed by atoms with Crippen molar-refractivity contribution in [3.63, 3.8) is 0 Å². The number of hydrogen-bond acceptors (Lipinski definition) is 3. The summed E-state index contributed by atoms with van der Waals surface area (Å²) >= 11 is 0. The molecule has 20 heavy (non-hydrogen) atoms. The molecule has 0 spiro atoms. The molecule has 0 bridgehead atoms. The standard InChI is InChI=1S/C15H22N2O3/c1-10-12(6-5-7-16-10)13(18)17-9-11(14(19)20)8-15(2,3)4/h5-7,11H,8-9H2,1-4H3,(H,17,18)(H,19,20). The van der Waals surface area contributed by atoms with Gasteiger partial charge in [0.2, 0.25) is 0 Å². The van der Waals surface area contributed by atoms with Crippen molar-refractivity contribution in [2.75, 3.05) is 6.54 Å². The van der Waals surface area contributed by atoms with Gasteiger partial charge >= 0.3 is 5.97 Å². The maximum absolute atomic E-state index is 12.0. The van der Waals surface area contributed by atoms with Gasteiger partial charge in [-0.1, -0.05) is 20.8 Å². The van der Waals surface area contributed by atoms with Crippen LogP contribution in [0, 0.1) is 18.3 Å². The normalized spacial score (nSPS) is 12.8. The van der Waals surface area contributed by atoms with Crippen molar-refractivity contribution in [2.45, 2.75) is 34.1 Å². The minimum atomic E-state index is -0.886. The van der Waals surface area contributed by atoms with Crippen molar-refractivity contribution in [3.05, 3.63) is 29.6 Å². The molecule has 0 saturated heterocycles. The molecule has 0 radical (unpaired) electrons. The summed E-state index contributed by atoms with van der Waals surface area (Å²) in [6.45, 7) is 7.82. The van der Waals surface area contributed by atoms with Crippen LogP contribution in [0.15, 0.2) is 18.3 Å². The smallest absolute Gasteiger partial charge is 0.308 e. The number of carboxylic acid groups (broad SMARTS) is 1. The average Bonchev–Trinajstić information content (AvgIpc) is 2.33. The molecule has 1 aromatic heterocycles. The molecule has 1 rings (SSSR count). The number of carboxylic acids is 1. The molecule has 2 N–H and O–H groups in total. The van der Waals surface area contributed by atoms with E-state index in [0.29, 0.717) is 17.7 Å². The van der Waals surface area contributed by atoms with Crippen molar-refractivity contribution < 1.29 is 14.7 Å². The Kier molecular flexibility index (Phi) is 5.25. The van der Waals surface area contributed by atoms with Crippen molar-refractivity contribution in [1.29, 1.82) is 0 Å². The van der Waals surface area contributed by atoms with Crippen LogP contribution in [0.5, 0.6) is 0 Å². The molecule has 1 atom stereocenters. The molecule has 5 nitrogen and oxygen atoms in total. The topological polar surface area (TPSA) is 79.3 Å². The Hall–Kier alpha value is -1.91. The Labute approximate surface area is 119 Å². The lowest BCUT2D eigenvalue weighted by Crippen LogP contribution is -2.35. The van der Waals surface area contributed by atoms with E-state index in [9.17, 15) is 14.7 Å². The zero-order chi connectivity index (χ0) is 15.3. The highest BCUT2D eigenvalue weighted by Gasteiger charge is 2.25. The number of hydrogen-bond donors (Lipinski definition) is 2. The fourth-order valence-corrected chi connectivity index (χ4v) is 2.02. The maximum Gasteiger partial charge on any atom is 0.308 e. The van der Waals surface area contributed by atoms with E-state index in [1.165, 1.54) is 0 Å². The molecule has 1 aromatic rings. The van der Waals surface area contributed by atoms with E-state index in [-0.39, 0.29) is 17.9 Å². The Morgan fingerprint density at radius 2 is 2.05 bits per heavy atom. The number of aryl methyl sites for hydroxylation is 1. The van der Waals surface area contributed by atoms with Crippen molar-refractivity contribution in [3.8, 4) is 0 Å². The predicted molar refractivity (Wildman–Crippen MR) is 76.5 cm³/mol. The number of carbonyl (C=O) groups is 2. The zero-order valence-corrected chi connectivity index (χ0v) is 12.4. The summed E-state index contributed by atoms with van der Waals surface area (Å²) in [4.78, 5) is 27.3. The molecule has 1 amide bonds. The molecular formula is C15H22N2O3. The van der Waals surface area contributed by atoms with Gasteiger partial charge in [-0.2, -0.15) is 0 Å². The second kappa shape index (κ2) is 6.50. The third kappa shape index (κ3) is 4.99. The zero-order valence-electron chi connectivity index (χ0n) is 12.4. The quantitative estimate of drug-likeness (QED) is 0.865. The lowest BCUT2D eigenvalue weighted by molar-refractivity contribution is -0.142. The number of aliphatic carboxylic acids is 1. The SMILES string of the molecule is Cc1ncccc1C(=O)NCC(CC(C)(C)C)C(=O)O. The highest BCUT2D eigenvalue weighted by atomic mass is 16.4. The Morgan fingerprint density at radius 1 is 1.40 bits per heavy atom. The molecule has 0 aliphatic carbocycles. The Morgan fingerprint density at radius 3 is 2.55 bits per heavy atom. The van der Waals surface area contributed by atoms with E-state index in [1.54, 1.807) is 25.3 Å². The molecule has 5 heteroatoms. The molecule has 0 saturated carbocycles. The van der Waals surface area contributed by atoms with Gasteiger partial charge in [-0.15, -0.1) is 0 Å². The average molecular weight is 278 g/mol. The third-order valence-electron chi connectivity index (χ3n) is 2.97. The number of aromatic nitrogens is 1. The molecule has 0 fully saturated rings. The predicted octanol–water partition coefficient (Wildman–Crippen LogP) is 2.26. The summed E-state index contributed by atoms with van der Waals surface area (Å²) < 4.78 is 0. The number of pyridine rings is 1. The van der Waals surface area contributed by atoms with Gasteiger partial charge in [0.15, 0.2) is 0 Å². The molecule has 0 aliphatic heterocycles. The van der Waals surface area contributed by atoms with Gasteiger partial charge in [0.05, 0.1) is 11.5 Å². The Bertz CT molecular complexity index is 492. The molecule has 1 unspecified atom stereocenters. The summed E-state index contributed by atoms with van der Waals surface area (Å²) in [7, 11) is 0. The first-order valence-electron chi connectivity index (χ1n) is 6.63. The molecule has 110 valence electrons. The van der Waals surface area contributed by atoms with Crippen LogP contribution in [0.25, 0.3) is 0 Å². The minimum absolute atomic E-state index is 0.0992. The fraction of sp³-hybridized carbons (Fsp3) is 0.533. The highest BCUT2D eigenvalue weighted by Crippen LogP contribution is 2.24. The largest absolute Gasteiger partial charge is 0.481 e. The van der Waals surface area contributed by atoms with Crippen LogP contribution in [-0.2, 0) is 4.79 Å². The third-order valence-corrected chi connectivity index (χ3v) is 2.97. The maximum atomic E-state index is 12.0. The number of rotatable bonds is 5. The summed E-state index contributed by atoms with van der Waals surface area (Å²) in [5.74, 6) is -1.75. The first-order valence-corrected chi connectivity index (χ1v) is 6.63. The second-order valence-electron chi connectivity index (χ2n) is 6.15. The van der Waals surface area contributed by atoms with Gasteiger partial charge in [0.1, 0.15) is 0 Å². The van der Waals surface area contributed by atoms with Gasteiger partial charge in [-0.25, -0.2) is 0 Å². The molecular weight excluding hydrogens is 256 g/mol. The number of carbonyl (C=O) groups excluding carboxylic acids is 1. The van der Waals surface area contributed by atoms with E-state index < -0.39 is 11.9 Å². The van der Waals surface area contributed by atoms with Gasteiger partial charge in [-0.05, 0) is 30.9 Å². The second-order valence-corrected chi connectivity index (χ2v) is 6.15. The van der Waals surface area contributed by atoms with Crippen molar-refractivity contribution in [1.82, 2.24) is 10.3 Å². The van der Waals surface area contributed by atoms with Crippen LogP contribution < -0.4 is 5.32 Å². The van der Waals surface area contributed by atoms with Crippen LogP contribution in [-0.4, -0.2) is 28.5 Å². The molecule has 1 heterocycles. The van der Waals surface area contributed by atoms with E-state index in [1.807, 2.05) is 20.8 Å². The lowest BCUT2D eigenvalue weighted by atomic mass is 9.84.